The van der Waals surface area contributed by atoms with Gasteiger partial charge in [-0.05, 0) is 23.0 Å². The highest BCUT2D eigenvalue weighted by Crippen LogP contribution is 2.14. The summed E-state index contributed by atoms with van der Waals surface area (Å²) in [6.45, 7) is 7.05. The zero-order chi connectivity index (χ0) is 21.9. The number of hydrogen-bond donors (Lipinski definition) is 4. The monoisotopic (exact) mass is 426 g/mol. The summed E-state index contributed by atoms with van der Waals surface area (Å²) < 4.78 is 0. The summed E-state index contributed by atoms with van der Waals surface area (Å²) in [4.78, 5) is 30.1. The van der Waals surface area contributed by atoms with Crippen molar-refractivity contribution in [3.63, 3.8) is 0 Å². The van der Waals surface area contributed by atoms with E-state index in [1.165, 1.54) is 0 Å². The Balaban J connectivity index is 1.61. The van der Waals surface area contributed by atoms with E-state index in [4.69, 9.17) is 0 Å². The predicted octanol–water partition coefficient (Wildman–Crippen LogP) is 1.80. The molecule has 7 nitrogen and oxygen atoms in total. The molecule has 1 aliphatic carbocycles. The van der Waals surface area contributed by atoms with Crippen molar-refractivity contribution in [3.05, 3.63) is 65.9 Å². The Bertz CT molecular complexity index is 920. The molecule has 1 aliphatic rings. The summed E-state index contributed by atoms with van der Waals surface area (Å²) >= 11 is 0. The van der Waals surface area contributed by atoms with Gasteiger partial charge in [0.05, 0.1) is 26.3 Å². The van der Waals surface area contributed by atoms with Crippen LogP contribution in [-0.2, 0) is 6.54 Å². The fourth-order valence-electron chi connectivity index (χ4n) is 3.37. The first-order valence-electron chi connectivity index (χ1n) is 10.1. The molecule has 3 atom stereocenters. The lowest BCUT2D eigenvalue weighted by molar-refractivity contribution is 0.0918. The van der Waals surface area contributed by atoms with Gasteiger partial charge in [0.2, 0.25) is 0 Å². The van der Waals surface area contributed by atoms with E-state index in [9.17, 15) is 14.7 Å². The largest absolute Gasteiger partial charge is 0.387 e. The zero-order valence-electron chi connectivity index (χ0n) is 17.8. The molecule has 160 valence electrons. The molecule has 2 aromatic rings. The SMILES string of the molecule is CN(Cc1ccccc1)C(=O)N[C@@H]1[C@H](O)C=C[C@H]1NC(=O)c1ccc([Si](C)(C)C)[nH]1. The number of benzene rings is 1. The van der Waals surface area contributed by atoms with E-state index in [1.807, 2.05) is 36.4 Å². The van der Waals surface area contributed by atoms with Crippen molar-refractivity contribution in [1.82, 2.24) is 20.5 Å². The van der Waals surface area contributed by atoms with Crippen LogP contribution in [0.5, 0.6) is 0 Å². The van der Waals surface area contributed by atoms with Gasteiger partial charge in [-0.15, -0.1) is 0 Å². The Morgan fingerprint density at radius 2 is 1.77 bits per heavy atom. The second-order valence-electron chi connectivity index (χ2n) is 8.73. The predicted molar refractivity (Wildman–Crippen MR) is 120 cm³/mol. The Kier molecular flexibility index (Phi) is 6.48. The number of aliphatic hydroxyl groups is 1. The molecule has 1 aromatic heterocycles. The van der Waals surface area contributed by atoms with Crippen LogP contribution in [0.2, 0.25) is 19.6 Å². The van der Waals surface area contributed by atoms with Crippen molar-refractivity contribution < 1.29 is 14.7 Å². The van der Waals surface area contributed by atoms with Gasteiger partial charge >= 0.3 is 6.03 Å². The molecule has 1 aromatic carbocycles. The first-order valence-corrected chi connectivity index (χ1v) is 13.6. The Morgan fingerprint density at radius 1 is 1.07 bits per heavy atom. The molecule has 30 heavy (non-hydrogen) atoms. The van der Waals surface area contributed by atoms with Crippen LogP contribution >= 0.6 is 0 Å². The maximum atomic E-state index is 12.7. The summed E-state index contributed by atoms with van der Waals surface area (Å²) in [7, 11) is 0.150. The third-order valence-electron chi connectivity index (χ3n) is 5.21. The molecule has 1 heterocycles. The normalized spacial score (nSPS) is 20.8. The summed E-state index contributed by atoms with van der Waals surface area (Å²) in [5.41, 5.74) is 1.49. The molecular weight excluding hydrogens is 396 g/mol. The van der Waals surface area contributed by atoms with E-state index in [-0.39, 0.29) is 11.9 Å². The Hall–Kier alpha value is -2.84. The first-order chi connectivity index (χ1) is 14.1. The maximum Gasteiger partial charge on any atom is 0.317 e. The summed E-state index contributed by atoms with van der Waals surface area (Å²) in [5.74, 6) is -0.264. The van der Waals surface area contributed by atoms with Gasteiger partial charge in [0.1, 0.15) is 5.69 Å². The fraction of sp³-hybridized carbons (Fsp3) is 0.364. The molecule has 8 heteroatoms. The first kappa shape index (κ1) is 21.9. The van der Waals surface area contributed by atoms with Crippen LogP contribution in [0.4, 0.5) is 4.79 Å². The number of rotatable bonds is 6. The van der Waals surface area contributed by atoms with Gasteiger partial charge < -0.3 is 25.6 Å². The number of urea groups is 1. The van der Waals surface area contributed by atoms with Gasteiger partial charge in [0.15, 0.2) is 0 Å². The van der Waals surface area contributed by atoms with Crippen molar-refractivity contribution in [2.24, 2.45) is 0 Å². The molecule has 3 amide bonds. The molecule has 0 bridgehead atoms. The second kappa shape index (κ2) is 8.89. The van der Waals surface area contributed by atoms with Gasteiger partial charge in [-0.2, -0.15) is 0 Å². The van der Waals surface area contributed by atoms with Crippen LogP contribution < -0.4 is 16.0 Å². The number of H-pyrrole nitrogens is 1. The Morgan fingerprint density at radius 3 is 2.40 bits per heavy atom. The topological polar surface area (TPSA) is 97.5 Å². The number of hydrogen-bond acceptors (Lipinski definition) is 3. The lowest BCUT2D eigenvalue weighted by atomic mass is 10.1. The van der Waals surface area contributed by atoms with E-state index in [0.29, 0.717) is 12.2 Å². The van der Waals surface area contributed by atoms with Crippen LogP contribution in [-0.4, -0.2) is 60.2 Å². The molecular formula is C22H30N4O3Si. The third-order valence-corrected chi connectivity index (χ3v) is 7.11. The van der Waals surface area contributed by atoms with Crippen molar-refractivity contribution in [3.8, 4) is 0 Å². The number of carbonyl (C=O) groups is 2. The van der Waals surface area contributed by atoms with Gasteiger partial charge in [-0.3, -0.25) is 4.79 Å². The number of aromatic amines is 1. The average molecular weight is 427 g/mol. The lowest BCUT2D eigenvalue weighted by Gasteiger charge is -2.27. The van der Waals surface area contributed by atoms with E-state index < -0.39 is 26.3 Å². The maximum absolute atomic E-state index is 12.7. The quantitative estimate of drug-likeness (QED) is 0.419. The summed E-state index contributed by atoms with van der Waals surface area (Å²) in [6.07, 6.45) is 2.44. The van der Waals surface area contributed by atoms with E-state index in [1.54, 1.807) is 30.2 Å². The van der Waals surface area contributed by atoms with Crippen molar-refractivity contribution >= 4 is 25.3 Å². The number of amides is 3. The minimum atomic E-state index is -1.55. The number of aliphatic hydroxyl groups excluding tert-OH is 1. The van der Waals surface area contributed by atoms with Crippen molar-refractivity contribution in [1.29, 1.82) is 0 Å². The minimum absolute atomic E-state index is 0.264. The molecule has 0 saturated heterocycles. The van der Waals surface area contributed by atoms with Crippen LogP contribution in [0.1, 0.15) is 16.1 Å². The van der Waals surface area contributed by atoms with E-state index in [2.05, 4.69) is 35.3 Å². The number of nitrogens with one attached hydrogen (secondary N) is 3. The molecule has 0 radical (unpaired) electrons. The number of nitrogens with zero attached hydrogens (tertiary/aromatic N) is 1. The lowest BCUT2D eigenvalue weighted by Crippen LogP contribution is -2.55. The molecule has 4 N–H and O–H groups in total. The molecule has 0 unspecified atom stereocenters. The van der Waals surface area contributed by atoms with Gasteiger partial charge in [-0.1, -0.05) is 62.1 Å². The van der Waals surface area contributed by atoms with Crippen LogP contribution in [0.3, 0.4) is 0 Å². The second-order valence-corrected chi connectivity index (χ2v) is 13.8. The number of carbonyl (C=O) groups excluding carboxylic acids is 2. The van der Waals surface area contributed by atoms with Gasteiger partial charge in [0.25, 0.3) is 5.91 Å². The number of aromatic nitrogens is 1. The van der Waals surface area contributed by atoms with Crippen LogP contribution in [0.25, 0.3) is 0 Å². The van der Waals surface area contributed by atoms with Crippen molar-refractivity contribution in [2.45, 2.75) is 44.4 Å². The highest BCUT2D eigenvalue weighted by Gasteiger charge is 2.34. The molecule has 0 saturated carbocycles. The molecule has 0 aliphatic heterocycles. The van der Waals surface area contributed by atoms with Gasteiger partial charge in [0, 0.05) is 13.6 Å². The van der Waals surface area contributed by atoms with Crippen LogP contribution in [0.15, 0.2) is 54.6 Å². The molecule has 0 fully saturated rings. The smallest absolute Gasteiger partial charge is 0.317 e. The van der Waals surface area contributed by atoms with Gasteiger partial charge in [-0.25, -0.2) is 4.79 Å². The summed E-state index contributed by atoms with van der Waals surface area (Å²) in [6, 6.07) is 12.0. The molecule has 3 rings (SSSR count). The minimum Gasteiger partial charge on any atom is -0.387 e. The van der Waals surface area contributed by atoms with Crippen LogP contribution in [0, 0.1) is 0 Å². The third kappa shape index (κ3) is 5.20. The Labute approximate surface area is 178 Å². The highest BCUT2D eigenvalue weighted by molar-refractivity contribution is 6.88. The molecule has 0 spiro atoms. The zero-order valence-corrected chi connectivity index (χ0v) is 18.8. The van der Waals surface area contributed by atoms with Crippen molar-refractivity contribution in [2.75, 3.05) is 7.05 Å². The summed E-state index contributed by atoms with van der Waals surface area (Å²) in [5, 5.41) is 17.1. The average Bonchev–Trinajstić information content (AvgIpc) is 3.31. The standard InChI is InChI=1S/C22H30N4O3Si/c1-26(14-15-8-6-5-7-9-15)22(29)25-20-16(10-12-18(20)27)24-21(28)17-11-13-19(23-17)30(2,3)4/h5-13,16,18,20,23,27H,14H2,1-4H3,(H,24,28)(H,25,29)/t16-,18-,20+/m1/s1. The van der Waals surface area contributed by atoms with E-state index in [0.717, 1.165) is 10.9 Å². The highest BCUT2D eigenvalue weighted by atomic mass is 28.3. The van der Waals surface area contributed by atoms with E-state index >= 15 is 0 Å². The fourth-order valence-corrected chi connectivity index (χ4v) is 4.47.